The summed E-state index contributed by atoms with van der Waals surface area (Å²) in [7, 11) is 0. The molecule has 0 aromatic heterocycles. The minimum Gasteiger partial charge on any atom is -0.378 e. The number of ether oxygens (including phenoxy) is 1. The molecule has 0 amide bonds. The molecular formula is C27H44O. The third-order valence-corrected chi connectivity index (χ3v) is 7.44. The second-order valence-electron chi connectivity index (χ2n) is 9.65. The Hall–Kier alpha value is -0.820. The molecular weight excluding hydrogens is 340 g/mol. The van der Waals surface area contributed by atoms with Crippen molar-refractivity contribution in [2.45, 2.75) is 116 Å². The fourth-order valence-electron chi connectivity index (χ4n) is 5.65. The van der Waals surface area contributed by atoms with Gasteiger partial charge in [-0.05, 0) is 73.8 Å². The van der Waals surface area contributed by atoms with Crippen molar-refractivity contribution < 1.29 is 4.74 Å². The smallest absolute Gasteiger partial charge is 0.0575 e. The van der Waals surface area contributed by atoms with Gasteiger partial charge >= 0.3 is 0 Å². The highest BCUT2D eigenvalue weighted by Gasteiger charge is 2.23. The van der Waals surface area contributed by atoms with Crippen molar-refractivity contribution in [2.75, 3.05) is 6.61 Å². The third kappa shape index (κ3) is 6.90. The molecule has 3 rings (SSSR count). The molecule has 0 spiro atoms. The van der Waals surface area contributed by atoms with E-state index in [9.17, 15) is 0 Å². The van der Waals surface area contributed by atoms with Gasteiger partial charge in [-0.3, -0.25) is 0 Å². The Balaban J connectivity index is 1.27. The van der Waals surface area contributed by atoms with Gasteiger partial charge in [-0.15, -0.1) is 0 Å². The standard InChI is InChI=1S/C27H44O/c1-3-6-22-9-11-24(12-10-22)8-5-21-28-27-19-17-26(18-20-27)25-15-13-23(7-4-2)14-16-25/h13-16,22,24,26-27H,3-12,17-21H2,1-2H3. The highest BCUT2D eigenvalue weighted by Crippen LogP contribution is 2.35. The predicted octanol–water partition coefficient (Wildman–Crippen LogP) is 8.07. The molecule has 1 heteroatoms. The van der Waals surface area contributed by atoms with Crippen LogP contribution in [0.5, 0.6) is 0 Å². The van der Waals surface area contributed by atoms with Crippen LogP contribution in [0.25, 0.3) is 0 Å². The van der Waals surface area contributed by atoms with E-state index in [1.165, 1.54) is 95.5 Å². The molecule has 1 nitrogen and oxygen atoms in total. The first-order valence-corrected chi connectivity index (χ1v) is 12.5. The molecule has 2 aliphatic carbocycles. The van der Waals surface area contributed by atoms with Crippen molar-refractivity contribution in [3.63, 3.8) is 0 Å². The number of aryl methyl sites for hydroxylation is 1. The monoisotopic (exact) mass is 384 g/mol. The average Bonchev–Trinajstić information content (AvgIpc) is 2.74. The summed E-state index contributed by atoms with van der Waals surface area (Å²) in [6, 6.07) is 9.45. The lowest BCUT2D eigenvalue weighted by Crippen LogP contribution is -2.21. The number of benzene rings is 1. The van der Waals surface area contributed by atoms with Crippen LogP contribution < -0.4 is 0 Å². The summed E-state index contributed by atoms with van der Waals surface area (Å²) in [4.78, 5) is 0. The highest BCUT2D eigenvalue weighted by molar-refractivity contribution is 5.25. The van der Waals surface area contributed by atoms with Gasteiger partial charge < -0.3 is 4.74 Å². The molecule has 0 N–H and O–H groups in total. The number of hydrogen-bond donors (Lipinski definition) is 0. The van der Waals surface area contributed by atoms with Crippen LogP contribution in [0, 0.1) is 11.8 Å². The van der Waals surface area contributed by atoms with Gasteiger partial charge in [-0.25, -0.2) is 0 Å². The van der Waals surface area contributed by atoms with E-state index in [0.29, 0.717) is 6.10 Å². The molecule has 2 fully saturated rings. The van der Waals surface area contributed by atoms with Crippen molar-refractivity contribution in [2.24, 2.45) is 11.8 Å². The van der Waals surface area contributed by atoms with E-state index >= 15 is 0 Å². The van der Waals surface area contributed by atoms with Gasteiger partial charge in [0.25, 0.3) is 0 Å². The summed E-state index contributed by atoms with van der Waals surface area (Å²) in [5.41, 5.74) is 3.04. The minimum atomic E-state index is 0.524. The second-order valence-corrected chi connectivity index (χ2v) is 9.65. The Morgan fingerprint density at radius 2 is 1.39 bits per heavy atom. The van der Waals surface area contributed by atoms with Crippen LogP contribution in [0.15, 0.2) is 24.3 Å². The average molecular weight is 385 g/mol. The first kappa shape index (κ1) is 21.9. The molecule has 1 aromatic rings. The molecule has 0 bridgehead atoms. The zero-order valence-electron chi connectivity index (χ0n) is 18.6. The lowest BCUT2D eigenvalue weighted by molar-refractivity contribution is 0.0204. The minimum absolute atomic E-state index is 0.524. The summed E-state index contributed by atoms with van der Waals surface area (Å²) >= 11 is 0. The Morgan fingerprint density at radius 3 is 2.00 bits per heavy atom. The maximum absolute atomic E-state index is 6.27. The molecule has 2 aliphatic rings. The molecule has 0 heterocycles. The van der Waals surface area contributed by atoms with Gasteiger partial charge in [0.05, 0.1) is 6.10 Å². The zero-order valence-corrected chi connectivity index (χ0v) is 18.6. The van der Waals surface area contributed by atoms with Gasteiger partial charge in [0.1, 0.15) is 0 Å². The highest BCUT2D eigenvalue weighted by atomic mass is 16.5. The normalized spacial score (nSPS) is 28.4. The van der Waals surface area contributed by atoms with E-state index in [0.717, 1.165) is 24.4 Å². The summed E-state index contributed by atoms with van der Waals surface area (Å²) < 4.78 is 6.27. The van der Waals surface area contributed by atoms with Crippen LogP contribution in [0.1, 0.15) is 114 Å². The fourth-order valence-corrected chi connectivity index (χ4v) is 5.65. The molecule has 0 aliphatic heterocycles. The van der Waals surface area contributed by atoms with Crippen LogP contribution in [-0.2, 0) is 11.2 Å². The first-order chi connectivity index (χ1) is 13.8. The molecule has 0 unspecified atom stereocenters. The van der Waals surface area contributed by atoms with E-state index < -0.39 is 0 Å². The largest absolute Gasteiger partial charge is 0.378 e. The molecule has 0 saturated heterocycles. The zero-order chi connectivity index (χ0) is 19.6. The van der Waals surface area contributed by atoms with Crippen LogP contribution in [-0.4, -0.2) is 12.7 Å². The topological polar surface area (TPSA) is 9.23 Å². The van der Waals surface area contributed by atoms with Gasteiger partial charge in [0, 0.05) is 6.61 Å². The summed E-state index contributed by atoms with van der Waals surface area (Å²) in [6.07, 6.45) is 19.5. The van der Waals surface area contributed by atoms with Crippen molar-refractivity contribution >= 4 is 0 Å². The molecule has 1 aromatic carbocycles. The Labute approximate surface area is 174 Å². The Bertz CT molecular complexity index is 518. The Morgan fingerprint density at radius 1 is 0.750 bits per heavy atom. The SMILES string of the molecule is CCCc1ccc(C2CCC(OCCCC3CCC(CCC)CC3)CC2)cc1. The van der Waals surface area contributed by atoms with Gasteiger partial charge in [0.2, 0.25) is 0 Å². The van der Waals surface area contributed by atoms with E-state index in [1.807, 2.05) is 0 Å². The third-order valence-electron chi connectivity index (χ3n) is 7.44. The lowest BCUT2D eigenvalue weighted by atomic mass is 9.78. The maximum atomic E-state index is 6.27. The van der Waals surface area contributed by atoms with Gasteiger partial charge in [-0.2, -0.15) is 0 Å². The number of hydrogen-bond acceptors (Lipinski definition) is 1. The molecule has 28 heavy (non-hydrogen) atoms. The molecule has 2 saturated carbocycles. The van der Waals surface area contributed by atoms with E-state index in [4.69, 9.17) is 4.74 Å². The van der Waals surface area contributed by atoms with E-state index in [2.05, 4.69) is 38.1 Å². The van der Waals surface area contributed by atoms with Gasteiger partial charge in [-0.1, -0.05) is 83.1 Å². The van der Waals surface area contributed by atoms with Gasteiger partial charge in [0.15, 0.2) is 0 Å². The van der Waals surface area contributed by atoms with Crippen molar-refractivity contribution in [3.8, 4) is 0 Å². The second kappa shape index (κ2) is 12.0. The number of rotatable bonds is 10. The quantitative estimate of drug-likeness (QED) is 0.370. The van der Waals surface area contributed by atoms with Crippen molar-refractivity contribution in [3.05, 3.63) is 35.4 Å². The molecule has 0 atom stereocenters. The predicted molar refractivity (Wildman–Crippen MR) is 121 cm³/mol. The van der Waals surface area contributed by atoms with Crippen LogP contribution in [0.3, 0.4) is 0 Å². The van der Waals surface area contributed by atoms with Crippen molar-refractivity contribution in [1.82, 2.24) is 0 Å². The fraction of sp³-hybridized carbons (Fsp3) is 0.778. The Kier molecular flexibility index (Phi) is 9.38. The summed E-state index contributed by atoms with van der Waals surface area (Å²) in [5.74, 6) is 2.78. The first-order valence-electron chi connectivity index (χ1n) is 12.5. The van der Waals surface area contributed by atoms with E-state index in [-0.39, 0.29) is 0 Å². The lowest BCUT2D eigenvalue weighted by Gasteiger charge is -2.30. The molecule has 0 radical (unpaired) electrons. The van der Waals surface area contributed by atoms with E-state index in [1.54, 1.807) is 5.56 Å². The maximum Gasteiger partial charge on any atom is 0.0575 e. The summed E-state index contributed by atoms with van der Waals surface area (Å²) in [6.45, 7) is 5.59. The molecule has 158 valence electrons. The van der Waals surface area contributed by atoms with Crippen LogP contribution in [0.4, 0.5) is 0 Å². The van der Waals surface area contributed by atoms with Crippen LogP contribution >= 0.6 is 0 Å². The van der Waals surface area contributed by atoms with Crippen LogP contribution in [0.2, 0.25) is 0 Å². The summed E-state index contributed by atoms with van der Waals surface area (Å²) in [5, 5.41) is 0. The van der Waals surface area contributed by atoms with Crippen molar-refractivity contribution in [1.29, 1.82) is 0 Å².